The van der Waals surface area contributed by atoms with E-state index in [1.54, 1.807) is 14.5 Å². The van der Waals surface area contributed by atoms with E-state index in [9.17, 15) is 0 Å². The molecule has 0 heterocycles. The fourth-order valence-electron chi connectivity index (χ4n) is 4.56. The van der Waals surface area contributed by atoms with Gasteiger partial charge in [-0.25, -0.2) is 0 Å². The van der Waals surface area contributed by atoms with Gasteiger partial charge in [-0.1, -0.05) is 0 Å². The second-order valence-corrected chi connectivity index (χ2v) is 15.1. The van der Waals surface area contributed by atoms with Gasteiger partial charge in [0.1, 0.15) is 0 Å². The van der Waals surface area contributed by atoms with Gasteiger partial charge in [0.25, 0.3) is 0 Å². The van der Waals surface area contributed by atoms with Crippen LogP contribution in [0.4, 0.5) is 0 Å². The van der Waals surface area contributed by atoms with Gasteiger partial charge in [0.15, 0.2) is 0 Å². The van der Waals surface area contributed by atoms with Gasteiger partial charge < -0.3 is 0 Å². The summed E-state index contributed by atoms with van der Waals surface area (Å²) in [4.78, 5) is 0. The van der Waals surface area contributed by atoms with E-state index in [2.05, 4.69) is 97.9 Å². The van der Waals surface area contributed by atoms with Gasteiger partial charge in [-0.05, 0) is 0 Å². The van der Waals surface area contributed by atoms with Crippen molar-refractivity contribution in [2.24, 2.45) is 0 Å². The van der Waals surface area contributed by atoms with Crippen LogP contribution in [0.25, 0.3) is 0 Å². The molecular formula is C27H30Se2. The summed E-state index contributed by atoms with van der Waals surface area (Å²) < 4.78 is 3.55. The molecule has 1 fully saturated rings. The minimum atomic E-state index is 0.342. The Hall–Kier alpha value is -1.30. The van der Waals surface area contributed by atoms with Crippen molar-refractivity contribution < 1.29 is 0 Å². The van der Waals surface area contributed by atoms with Crippen LogP contribution >= 0.6 is 0 Å². The molecule has 0 N–H and O–H groups in total. The maximum absolute atomic E-state index is 2.42. The molecule has 29 heavy (non-hydrogen) atoms. The zero-order valence-corrected chi connectivity index (χ0v) is 20.6. The van der Waals surface area contributed by atoms with E-state index in [4.69, 9.17) is 0 Å². The van der Waals surface area contributed by atoms with E-state index in [-0.39, 0.29) is 0 Å². The molecule has 0 radical (unpaired) electrons. The molecule has 0 bridgehead atoms. The molecule has 1 aliphatic rings. The van der Waals surface area contributed by atoms with E-state index in [1.165, 1.54) is 38.5 Å². The Morgan fingerprint density at radius 3 is 1.62 bits per heavy atom. The van der Waals surface area contributed by atoms with Gasteiger partial charge in [0.2, 0.25) is 0 Å². The summed E-state index contributed by atoms with van der Waals surface area (Å²) in [5.74, 6) is 0. The third-order valence-electron chi connectivity index (χ3n) is 6.20. The molecule has 0 aromatic heterocycles. The maximum atomic E-state index is 2.42. The standard InChI is InChI=1S/C27H30Se2/c1-2-3-13-20-26(23-14-7-4-8-15-23)21-22-27(26,28-24-16-9-5-10-17-24)29-25-18-11-6-12-19-25/h4-12,14-19H,2-3,13,20-22H2,1H3. The van der Waals surface area contributed by atoms with Gasteiger partial charge in [-0.15, -0.1) is 0 Å². The molecular weight excluding hydrogens is 482 g/mol. The van der Waals surface area contributed by atoms with E-state index in [0.717, 1.165) is 0 Å². The van der Waals surface area contributed by atoms with Crippen molar-refractivity contribution in [1.29, 1.82) is 0 Å². The molecule has 150 valence electrons. The summed E-state index contributed by atoms with van der Waals surface area (Å²) in [6.07, 6.45) is 8.06. The van der Waals surface area contributed by atoms with E-state index in [0.29, 0.717) is 38.5 Å². The van der Waals surface area contributed by atoms with E-state index in [1.807, 2.05) is 0 Å². The van der Waals surface area contributed by atoms with Crippen LogP contribution in [-0.4, -0.2) is 29.9 Å². The predicted molar refractivity (Wildman–Crippen MR) is 128 cm³/mol. The monoisotopic (exact) mass is 514 g/mol. The van der Waals surface area contributed by atoms with Crippen molar-refractivity contribution >= 4 is 38.8 Å². The summed E-state index contributed by atoms with van der Waals surface area (Å²) >= 11 is 0.953. The average molecular weight is 512 g/mol. The normalized spacial score (nSPS) is 20.2. The molecule has 1 aliphatic carbocycles. The third-order valence-corrected chi connectivity index (χ3v) is 14.0. The molecule has 1 atom stereocenters. The van der Waals surface area contributed by atoms with Crippen LogP contribution in [-0.2, 0) is 5.41 Å². The Kier molecular flexibility index (Phi) is 6.99. The molecule has 1 saturated carbocycles. The van der Waals surface area contributed by atoms with Gasteiger partial charge in [-0.3, -0.25) is 0 Å². The van der Waals surface area contributed by atoms with Crippen molar-refractivity contribution in [3.8, 4) is 0 Å². The van der Waals surface area contributed by atoms with Crippen molar-refractivity contribution in [3.63, 3.8) is 0 Å². The average Bonchev–Trinajstić information content (AvgIpc) is 2.77. The predicted octanol–water partition coefficient (Wildman–Crippen LogP) is 5.47. The van der Waals surface area contributed by atoms with Crippen LogP contribution in [0.1, 0.15) is 51.0 Å². The van der Waals surface area contributed by atoms with Crippen molar-refractivity contribution in [3.05, 3.63) is 96.6 Å². The Bertz CT molecular complexity index is 835. The molecule has 0 nitrogen and oxygen atoms in total. The zero-order valence-electron chi connectivity index (χ0n) is 17.2. The summed E-state index contributed by atoms with van der Waals surface area (Å²) in [5.41, 5.74) is 1.94. The Morgan fingerprint density at radius 1 is 0.655 bits per heavy atom. The fourth-order valence-corrected chi connectivity index (χ4v) is 13.1. The molecule has 3 aromatic carbocycles. The second kappa shape index (κ2) is 9.67. The van der Waals surface area contributed by atoms with Crippen LogP contribution in [0.15, 0.2) is 91.0 Å². The first kappa shape index (κ1) is 21.0. The first-order valence-corrected chi connectivity index (χ1v) is 14.2. The molecule has 0 spiro atoms. The van der Waals surface area contributed by atoms with E-state index < -0.39 is 0 Å². The number of hydrogen-bond donors (Lipinski definition) is 0. The van der Waals surface area contributed by atoms with Crippen molar-refractivity contribution in [2.45, 2.75) is 54.1 Å². The summed E-state index contributed by atoms with van der Waals surface area (Å²) in [6, 6.07) is 34.2. The number of benzene rings is 3. The molecule has 0 saturated heterocycles. The summed E-state index contributed by atoms with van der Waals surface area (Å²) in [6.45, 7) is 2.32. The quantitative estimate of drug-likeness (QED) is 0.263. The van der Waals surface area contributed by atoms with Crippen LogP contribution in [0.3, 0.4) is 0 Å². The SMILES string of the molecule is CCCCCC1(c2ccccc2)CCC1([Se]c1ccccc1)[Se]c1ccccc1. The first-order chi connectivity index (χ1) is 14.3. The third kappa shape index (κ3) is 4.42. The van der Waals surface area contributed by atoms with E-state index >= 15 is 0 Å². The number of unbranched alkanes of at least 4 members (excludes halogenated alkanes) is 2. The number of rotatable bonds is 9. The topological polar surface area (TPSA) is 0 Å². The molecule has 0 amide bonds. The van der Waals surface area contributed by atoms with Crippen LogP contribution in [0.5, 0.6) is 0 Å². The second-order valence-electron chi connectivity index (χ2n) is 7.99. The Balaban J connectivity index is 1.76. The number of hydrogen-bond acceptors (Lipinski definition) is 0. The summed E-state index contributed by atoms with van der Waals surface area (Å²) in [5, 5.41) is 0. The van der Waals surface area contributed by atoms with Gasteiger partial charge in [0.05, 0.1) is 0 Å². The molecule has 0 aliphatic heterocycles. The molecule has 2 heteroatoms. The zero-order chi connectivity index (χ0) is 20.0. The van der Waals surface area contributed by atoms with Crippen LogP contribution < -0.4 is 8.92 Å². The minimum absolute atomic E-state index is 0.342. The Morgan fingerprint density at radius 2 is 1.17 bits per heavy atom. The first-order valence-electron chi connectivity index (χ1n) is 10.8. The van der Waals surface area contributed by atoms with Gasteiger partial charge in [0, 0.05) is 0 Å². The van der Waals surface area contributed by atoms with Crippen LogP contribution in [0.2, 0.25) is 3.21 Å². The van der Waals surface area contributed by atoms with Crippen molar-refractivity contribution in [2.75, 3.05) is 0 Å². The molecule has 4 rings (SSSR count). The fraction of sp³-hybridized carbons (Fsp3) is 0.333. The Labute approximate surface area is 188 Å². The van der Waals surface area contributed by atoms with Gasteiger partial charge in [-0.2, -0.15) is 0 Å². The van der Waals surface area contributed by atoms with Crippen LogP contribution in [0, 0.1) is 0 Å². The summed E-state index contributed by atoms with van der Waals surface area (Å²) in [7, 11) is 0. The molecule has 3 aromatic rings. The van der Waals surface area contributed by atoms with Crippen molar-refractivity contribution in [1.82, 2.24) is 0 Å². The van der Waals surface area contributed by atoms with Gasteiger partial charge >= 0.3 is 189 Å². The molecule has 1 unspecified atom stereocenters.